The molecule has 1 N–H and O–H groups in total. The SMILES string of the molecule is O=C(Nc1cc(F)ccc1Br)c1csc(Br)c1. The van der Waals surface area contributed by atoms with Crippen molar-refractivity contribution in [3.8, 4) is 0 Å². The lowest BCUT2D eigenvalue weighted by atomic mass is 10.2. The van der Waals surface area contributed by atoms with E-state index < -0.39 is 5.82 Å². The van der Waals surface area contributed by atoms with E-state index in [-0.39, 0.29) is 5.91 Å². The van der Waals surface area contributed by atoms with E-state index in [0.29, 0.717) is 15.7 Å². The van der Waals surface area contributed by atoms with E-state index >= 15 is 0 Å². The average Bonchev–Trinajstić information content (AvgIpc) is 2.70. The van der Waals surface area contributed by atoms with Gasteiger partial charge in [0.05, 0.1) is 15.0 Å². The Labute approximate surface area is 118 Å². The second-order valence-electron chi connectivity index (χ2n) is 3.22. The lowest BCUT2D eigenvalue weighted by Gasteiger charge is -2.06. The quantitative estimate of drug-likeness (QED) is 0.808. The van der Waals surface area contributed by atoms with Gasteiger partial charge < -0.3 is 5.32 Å². The topological polar surface area (TPSA) is 29.1 Å². The van der Waals surface area contributed by atoms with Crippen molar-refractivity contribution in [2.75, 3.05) is 5.32 Å². The number of halogens is 3. The van der Waals surface area contributed by atoms with Crippen LogP contribution in [0.3, 0.4) is 0 Å². The molecule has 0 fully saturated rings. The van der Waals surface area contributed by atoms with Gasteiger partial charge in [-0.15, -0.1) is 11.3 Å². The van der Waals surface area contributed by atoms with Crippen LogP contribution in [0, 0.1) is 5.82 Å². The highest BCUT2D eigenvalue weighted by atomic mass is 79.9. The number of hydrogen-bond acceptors (Lipinski definition) is 2. The molecule has 0 aliphatic rings. The number of carbonyl (C=O) groups excluding carboxylic acids is 1. The van der Waals surface area contributed by atoms with Gasteiger partial charge >= 0.3 is 0 Å². The minimum atomic E-state index is -0.394. The van der Waals surface area contributed by atoms with Gasteiger partial charge in [-0.1, -0.05) is 0 Å². The zero-order chi connectivity index (χ0) is 12.4. The molecule has 1 aromatic heterocycles. The van der Waals surface area contributed by atoms with Crippen LogP contribution < -0.4 is 5.32 Å². The lowest BCUT2D eigenvalue weighted by molar-refractivity contribution is 0.102. The highest BCUT2D eigenvalue weighted by Gasteiger charge is 2.10. The third-order valence-electron chi connectivity index (χ3n) is 2.01. The molecule has 0 saturated heterocycles. The Bertz CT molecular complexity index is 570. The van der Waals surface area contributed by atoms with E-state index in [1.165, 1.54) is 23.5 Å². The maximum atomic E-state index is 13.0. The highest BCUT2D eigenvalue weighted by molar-refractivity contribution is 9.11. The highest BCUT2D eigenvalue weighted by Crippen LogP contribution is 2.25. The molecule has 0 aliphatic heterocycles. The van der Waals surface area contributed by atoms with Gasteiger partial charge in [-0.2, -0.15) is 0 Å². The number of amides is 1. The molecule has 2 rings (SSSR count). The second-order valence-corrected chi connectivity index (χ2v) is 6.36. The molecule has 0 radical (unpaired) electrons. The molecule has 0 bridgehead atoms. The van der Waals surface area contributed by atoms with Crippen LogP contribution in [-0.2, 0) is 0 Å². The zero-order valence-electron chi connectivity index (χ0n) is 8.34. The zero-order valence-corrected chi connectivity index (χ0v) is 12.3. The summed E-state index contributed by atoms with van der Waals surface area (Å²) in [5, 5.41) is 4.37. The van der Waals surface area contributed by atoms with Crippen LogP contribution in [0.4, 0.5) is 10.1 Å². The molecule has 1 aromatic carbocycles. The van der Waals surface area contributed by atoms with Gasteiger partial charge in [-0.25, -0.2) is 4.39 Å². The first-order valence-electron chi connectivity index (χ1n) is 4.56. The molecular weight excluding hydrogens is 373 g/mol. The molecule has 17 heavy (non-hydrogen) atoms. The third kappa shape index (κ3) is 3.14. The smallest absolute Gasteiger partial charge is 0.256 e. The largest absolute Gasteiger partial charge is 0.321 e. The van der Waals surface area contributed by atoms with E-state index in [0.717, 1.165) is 3.79 Å². The van der Waals surface area contributed by atoms with Crippen LogP contribution in [0.1, 0.15) is 10.4 Å². The number of carbonyl (C=O) groups is 1. The van der Waals surface area contributed by atoms with Crippen molar-refractivity contribution < 1.29 is 9.18 Å². The number of benzene rings is 1. The standard InChI is InChI=1S/C11H6Br2FNOS/c12-8-2-1-7(14)4-9(8)15-11(16)6-3-10(13)17-5-6/h1-5H,(H,15,16). The number of hydrogen-bond donors (Lipinski definition) is 1. The fourth-order valence-electron chi connectivity index (χ4n) is 1.22. The predicted octanol–water partition coefficient (Wildman–Crippen LogP) is 4.66. The van der Waals surface area contributed by atoms with Crippen molar-refractivity contribution in [2.24, 2.45) is 0 Å². The van der Waals surface area contributed by atoms with Crippen molar-refractivity contribution in [1.82, 2.24) is 0 Å². The molecular formula is C11H6Br2FNOS. The molecule has 0 saturated carbocycles. The minimum absolute atomic E-state index is 0.266. The Kier molecular flexibility index (Phi) is 3.96. The van der Waals surface area contributed by atoms with Crippen LogP contribution >= 0.6 is 43.2 Å². The predicted molar refractivity (Wildman–Crippen MR) is 74.1 cm³/mol. The molecule has 2 aromatic rings. The fraction of sp³-hybridized carbons (Fsp3) is 0. The van der Waals surface area contributed by atoms with Crippen molar-refractivity contribution in [2.45, 2.75) is 0 Å². The summed E-state index contributed by atoms with van der Waals surface area (Å²) >= 11 is 7.95. The van der Waals surface area contributed by atoms with Gasteiger partial charge in [0.25, 0.3) is 5.91 Å². The number of anilines is 1. The molecule has 1 amide bonds. The molecule has 0 spiro atoms. The van der Waals surface area contributed by atoms with E-state index in [4.69, 9.17) is 0 Å². The first-order chi connectivity index (χ1) is 8.06. The monoisotopic (exact) mass is 377 g/mol. The summed E-state index contributed by atoms with van der Waals surface area (Å²) < 4.78 is 14.5. The minimum Gasteiger partial charge on any atom is -0.321 e. The van der Waals surface area contributed by atoms with E-state index in [2.05, 4.69) is 37.2 Å². The first-order valence-corrected chi connectivity index (χ1v) is 7.03. The normalized spacial score (nSPS) is 10.3. The van der Waals surface area contributed by atoms with Crippen LogP contribution in [0.2, 0.25) is 0 Å². The van der Waals surface area contributed by atoms with Gasteiger partial charge in [-0.3, -0.25) is 4.79 Å². The van der Waals surface area contributed by atoms with Crippen molar-refractivity contribution >= 4 is 54.8 Å². The Morgan fingerprint density at radius 2 is 2.06 bits per heavy atom. The van der Waals surface area contributed by atoms with E-state index in [1.54, 1.807) is 17.5 Å². The van der Waals surface area contributed by atoms with Crippen LogP contribution in [-0.4, -0.2) is 5.91 Å². The summed E-state index contributed by atoms with van der Waals surface area (Å²) in [5.41, 5.74) is 0.954. The second kappa shape index (κ2) is 5.29. The van der Waals surface area contributed by atoms with Crippen LogP contribution in [0.25, 0.3) is 0 Å². The molecule has 0 aliphatic carbocycles. The summed E-state index contributed by atoms with van der Waals surface area (Å²) in [4.78, 5) is 11.8. The van der Waals surface area contributed by atoms with Crippen molar-refractivity contribution in [3.63, 3.8) is 0 Å². The molecule has 0 atom stereocenters. The molecule has 1 heterocycles. The van der Waals surface area contributed by atoms with Crippen LogP contribution in [0.5, 0.6) is 0 Å². The Morgan fingerprint density at radius 3 is 2.71 bits per heavy atom. The van der Waals surface area contributed by atoms with Gasteiger partial charge in [-0.05, 0) is 56.1 Å². The Morgan fingerprint density at radius 1 is 1.29 bits per heavy atom. The van der Waals surface area contributed by atoms with Gasteiger partial charge in [0.2, 0.25) is 0 Å². The Hall–Kier alpha value is -0.720. The summed E-state index contributed by atoms with van der Waals surface area (Å²) in [5.74, 6) is -0.659. The summed E-state index contributed by atoms with van der Waals surface area (Å²) in [7, 11) is 0. The third-order valence-corrected chi connectivity index (χ3v) is 4.20. The van der Waals surface area contributed by atoms with Gasteiger partial charge in [0.15, 0.2) is 0 Å². The number of rotatable bonds is 2. The maximum Gasteiger partial charge on any atom is 0.256 e. The lowest BCUT2D eigenvalue weighted by Crippen LogP contribution is -2.11. The first kappa shape index (κ1) is 12.7. The molecule has 88 valence electrons. The number of nitrogens with one attached hydrogen (secondary N) is 1. The summed E-state index contributed by atoms with van der Waals surface area (Å²) in [6.07, 6.45) is 0. The Balaban J connectivity index is 2.21. The van der Waals surface area contributed by atoms with E-state index in [1.807, 2.05) is 0 Å². The molecule has 6 heteroatoms. The van der Waals surface area contributed by atoms with Crippen molar-refractivity contribution in [1.29, 1.82) is 0 Å². The fourth-order valence-corrected chi connectivity index (χ4v) is 2.70. The van der Waals surface area contributed by atoms with Crippen molar-refractivity contribution in [3.05, 3.63) is 49.3 Å². The average molecular weight is 379 g/mol. The maximum absolute atomic E-state index is 13.0. The summed E-state index contributed by atoms with van der Waals surface area (Å²) in [6, 6.07) is 5.85. The molecule has 2 nitrogen and oxygen atoms in total. The van der Waals surface area contributed by atoms with Gasteiger partial charge in [0, 0.05) is 9.85 Å². The van der Waals surface area contributed by atoms with E-state index in [9.17, 15) is 9.18 Å². The number of thiophene rings is 1. The van der Waals surface area contributed by atoms with Crippen LogP contribution in [0.15, 0.2) is 37.9 Å². The molecule has 0 unspecified atom stereocenters. The van der Waals surface area contributed by atoms with Gasteiger partial charge in [0.1, 0.15) is 5.82 Å². The summed E-state index contributed by atoms with van der Waals surface area (Å²) in [6.45, 7) is 0.